The van der Waals surface area contributed by atoms with Crippen LogP contribution in [0, 0.1) is 11.7 Å². The Kier molecular flexibility index (Phi) is 9.83. The molecule has 2 fully saturated rings. The second-order valence-electron chi connectivity index (χ2n) is 10.4. The third-order valence-corrected chi connectivity index (χ3v) is 7.39. The highest BCUT2D eigenvalue weighted by Crippen LogP contribution is 2.36. The Hall–Kier alpha value is -3.80. The topological polar surface area (TPSA) is 109 Å². The van der Waals surface area contributed by atoms with E-state index in [0.29, 0.717) is 66.1 Å². The first-order valence-electron chi connectivity index (χ1n) is 14.1. The smallest absolute Gasteiger partial charge is 0.320 e. The number of aromatic nitrogens is 2. The molecule has 12 heteroatoms. The van der Waals surface area contributed by atoms with Gasteiger partial charge in [-0.2, -0.15) is 0 Å². The number of nitrogens with zero attached hydrogens (tertiary/aromatic N) is 4. The summed E-state index contributed by atoms with van der Waals surface area (Å²) in [5.41, 5.74) is 1.69. The first kappa shape index (κ1) is 29.7. The van der Waals surface area contributed by atoms with Crippen molar-refractivity contribution in [3.63, 3.8) is 0 Å². The molecule has 5 rings (SSSR count). The van der Waals surface area contributed by atoms with E-state index in [1.165, 1.54) is 24.5 Å². The minimum absolute atomic E-state index is 0.00702. The average Bonchev–Trinajstić information content (AvgIpc) is 3.80. The maximum Gasteiger partial charge on any atom is 0.320 e. The molecule has 0 radical (unpaired) electrons. The van der Waals surface area contributed by atoms with Crippen molar-refractivity contribution in [2.24, 2.45) is 5.92 Å². The van der Waals surface area contributed by atoms with Gasteiger partial charge in [-0.3, -0.25) is 19.4 Å². The molecular weight excluding hydrogens is 563 g/mol. The van der Waals surface area contributed by atoms with Crippen LogP contribution in [-0.2, 0) is 14.3 Å². The maximum atomic E-state index is 13.7. The minimum Gasteiger partial charge on any atom is -0.491 e. The first-order chi connectivity index (χ1) is 20.4. The third-order valence-electron chi connectivity index (χ3n) is 7.10. The highest BCUT2D eigenvalue weighted by molar-refractivity contribution is 6.31. The summed E-state index contributed by atoms with van der Waals surface area (Å²) in [6, 6.07) is 7.89. The van der Waals surface area contributed by atoms with Gasteiger partial charge in [0.25, 0.3) is 0 Å². The van der Waals surface area contributed by atoms with E-state index < -0.39 is 5.82 Å². The Morgan fingerprint density at radius 3 is 2.64 bits per heavy atom. The lowest BCUT2D eigenvalue weighted by Gasteiger charge is -2.33. The normalized spacial score (nSPS) is 16.1. The van der Waals surface area contributed by atoms with Crippen LogP contribution >= 0.6 is 11.6 Å². The van der Waals surface area contributed by atoms with Crippen LogP contribution in [0.25, 0.3) is 10.9 Å². The fraction of sp³-hybridized carbons (Fsp3) is 0.400. The van der Waals surface area contributed by atoms with E-state index in [0.717, 1.165) is 39.0 Å². The average molecular weight is 597 g/mol. The van der Waals surface area contributed by atoms with Gasteiger partial charge in [0.05, 0.1) is 36.0 Å². The van der Waals surface area contributed by atoms with Crippen LogP contribution in [0.2, 0.25) is 5.02 Å². The SMILES string of the molecule is CCOC(=O)CN1CCN(C/C=C/C(=O)Nc2cc3c(Nc4ccc(F)c(Cl)c4)ncnc3cc2OCC2CC2)CC1. The molecule has 0 unspecified atom stereocenters. The Morgan fingerprint density at radius 2 is 1.90 bits per heavy atom. The van der Waals surface area contributed by atoms with Crippen molar-refractivity contribution in [3.05, 3.63) is 59.7 Å². The van der Waals surface area contributed by atoms with E-state index in [-0.39, 0.29) is 16.9 Å². The standard InChI is InChI=1S/C30H34ClFN6O4/c1-2-41-29(40)17-38-12-10-37(11-13-38)9-3-4-28(39)36-26-15-22-25(16-27(26)42-18-20-5-6-20)33-19-34-30(22)35-21-7-8-24(32)23(31)14-21/h3-4,7-8,14-16,19-20H,2,5-6,9-13,17-18H2,1H3,(H,36,39)(H,33,34,35)/b4-3+. The monoisotopic (exact) mass is 596 g/mol. The fourth-order valence-corrected chi connectivity index (χ4v) is 4.79. The highest BCUT2D eigenvalue weighted by Gasteiger charge is 2.23. The van der Waals surface area contributed by atoms with E-state index in [9.17, 15) is 14.0 Å². The number of halogens is 2. The third kappa shape index (κ3) is 8.15. The number of anilines is 3. The Labute approximate surface area is 248 Å². The van der Waals surface area contributed by atoms with Crippen LogP contribution in [0.15, 0.2) is 48.8 Å². The zero-order chi connectivity index (χ0) is 29.5. The summed E-state index contributed by atoms with van der Waals surface area (Å²) in [7, 11) is 0. The minimum atomic E-state index is -0.512. The van der Waals surface area contributed by atoms with Gasteiger partial charge in [-0.05, 0) is 49.9 Å². The second kappa shape index (κ2) is 13.9. The number of hydrogen-bond acceptors (Lipinski definition) is 9. The summed E-state index contributed by atoms with van der Waals surface area (Å²) < 4.78 is 24.8. The molecule has 2 N–H and O–H groups in total. The van der Waals surface area contributed by atoms with E-state index >= 15 is 0 Å². The number of fused-ring (bicyclic) bond motifs is 1. The molecule has 1 amide bonds. The van der Waals surface area contributed by atoms with Gasteiger partial charge in [0.2, 0.25) is 5.91 Å². The number of rotatable bonds is 12. The molecule has 2 aromatic carbocycles. The number of hydrogen-bond donors (Lipinski definition) is 2. The van der Waals surface area contributed by atoms with Gasteiger partial charge in [0, 0.05) is 55.9 Å². The summed E-state index contributed by atoms with van der Waals surface area (Å²) >= 11 is 5.95. The van der Waals surface area contributed by atoms with Crippen molar-refractivity contribution in [2.45, 2.75) is 19.8 Å². The van der Waals surface area contributed by atoms with Crippen molar-refractivity contribution < 1.29 is 23.5 Å². The predicted octanol–water partition coefficient (Wildman–Crippen LogP) is 4.63. The van der Waals surface area contributed by atoms with Crippen molar-refractivity contribution in [1.29, 1.82) is 0 Å². The summed E-state index contributed by atoms with van der Waals surface area (Å²) in [5.74, 6) is 0.524. The molecule has 0 atom stereocenters. The van der Waals surface area contributed by atoms with Gasteiger partial charge in [-0.25, -0.2) is 14.4 Å². The van der Waals surface area contributed by atoms with E-state index in [4.69, 9.17) is 21.1 Å². The van der Waals surface area contributed by atoms with Crippen molar-refractivity contribution in [3.8, 4) is 5.75 Å². The van der Waals surface area contributed by atoms with Gasteiger partial charge in [0.1, 0.15) is 23.7 Å². The lowest BCUT2D eigenvalue weighted by molar-refractivity contribution is -0.144. The van der Waals surface area contributed by atoms with Gasteiger partial charge in [-0.1, -0.05) is 17.7 Å². The lowest BCUT2D eigenvalue weighted by atomic mass is 10.1. The molecule has 3 aromatic rings. The Balaban J connectivity index is 1.25. The van der Waals surface area contributed by atoms with Gasteiger partial charge in [-0.15, -0.1) is 0 Å². The first-order valence-corrected chi connectivity index (χ1v) is 14.5. The van der Waals surface area contributed by atoms with Crippen LogP contribution in [0.4, 0.5) is 21.6 Å². The number of esters is 1. The predicted molar refractivity (Wildman–Crippen MR) is 160 cm³/mol. The van der Waals surface area contributed by atoms with Gasteiger partial charge in [0.15, 0.2) is 0 Å². The lowest BCUT2D eigenvalue weighted by Crippen LogP contribution is -2.48. The molecule has 1 aliphatic carbocycles. The van der Waals surface area contributed by atoms with Crippen molar-refractivity contribution in [1.82, 2.24) is 19.8 Å². The molecule has 10 nitrogen and oxygen atoms in total. The van der Waals surface area contributed by atoms with E-state index in [1.54, 1.807) is 25.1 Å². The van der Waals surface area contributed by atoms with E-state index in [1.807, 2.05) is 6.08 Å². The van der Waals surface area contributed by atoms with Crippen LogP contribution in [-0.4, -0.2) is 84.1 Å². The fourth-order valence-electron chi connectivity index (χ4n) is 4.61. The molecule has 42 heavy (non-hydrogen) atoms. The summed E-state index contributed by atoms with van der Waals surface area (Å²) in [5, 5.41) is 6.75. The largest absolute Gasteiger partial charge is 0.491 e. The molecule has 1 aliphatic heterocycles. The number of amides is 1. The van der Waals surface area contributed by atoms with Crippen LogP contribution in [0.5, 0.6) is 5.75 Å². The van der Waals surface area contributed by atoms with Crippen LogP contribution in [0.1, 0.15) is 19.8 Å². The second-order valence-corrected chi connectivity index (χ2v) is 10.8. The molecular formula is C30H34ClFN6O4. The molecule has 222 valence electrons. The summed E-state index contributed by atoms with van der Waals surface area (Å²) in [4.78, 5) is 37.7. The molecule has 2 heterocycles. The maximum absolute atomic E-state index is 13.7. The number of carbonyl (C=O) groups excluding carboxylic acids is 2. The highest BCUT2D eigenvalue weighted by atomic mass is 35.5. The number of nitrogens with one attached hydrogen (secondary N) is 2. The molecule has 0 spiro atoms. The quantitative estimate of drug-likeness (QED) is 0.228. The molecule has 1 aromatic heterocycles. The zero-order valence-corrected chi connectivity index (χ0v) is 24.2. The van der Waals surface area contributed by atoms with Crippen LogP contribution < -0.4 is 15.4 Å². The zero-order valence-electron chi connectivity index (χ0n) is 23.4. The molecule has 1 saturated carbocycles. The summed E-state index contributed by atoms with van der Waals surface area (Å²) in [6.07, 6.45) is 7.03. The molecule has 2 aliphatic rings. The van der Waals surface area contributed by atoms with Crippen molar-refractivity contribution >= 4 is 51.6 Å². The summed E-state index contributed by atoms with van der Waals surface area (Å²) in [6.45, 7) is 6.79. The van der Waals surface area contributed by atoms with Crippen molar-refractivity contribution in [2.75, 3.05) is 63.1 Å². The Morgan fingerprint density at radius 1 is 1.12 bits per heavy atom. The van der Waals surface area contributed by atoms with Crippen LogP contribution in [0.3, 0.4) is 0 Å². The molecule has 1 saturated heterocycles. The molecule has 0 bridgehead atoms. The van der Waals surface area contributed by atoms with Gasteiger partial charge >= 0.3 is 5.97 Å². The van der Waals surface area contributed by atoms with E-state index in [2.05, 4.69) is 30.4 Å². The number of piperazine rings is 1. The number of ether oxygens (including phenoxy) is 2. The van der Waals surface area contributed by atoms with Gasteiger partial charge < -0.3 is 20.1 Å². The number of benzene rings is 2. The Bertz CT molecular complexity index is 1460. The number of carbonyl (C=O) groups is 2.